The van der Waals surface area contributed by atoms with Gasteiger partial charge in [0.15, 0.2) is 16.9 Å². The largest absolute Gasteiger partial charge is 0.489 e. The Morgan fingerprint density at radius 3 is 2.47 bits per heavy atom. The molecule has 0 radical (unpaired) electrons. The van der Waals surface area contributed by atoms with Gasteiger partial charge < -0.3 is 19.1 Å². The molecule has 2 saturated heterocycles. The smallest absolute Gasteiger partial charge is 0.387 e. The summed E-state index contributed by atoms with van der Waals surface area (Å²) >= 11 is 14.0. The number of rotatable bonds is 14. The number of thioether (sulfide) groups is 1. The second-order valence-electron chi connectivity index (χ2n) is 11.3. The first-order valence-electron chi connectivity index (χ1n) is 14.7. The first kappa shape index (κ1) is 34.4. The van der Waals surface area contributed by atoms with Crippen molar-refractivity contribution in [1.82, 2.24) is 19.1 Å². The molecule has 3 heterocycles. The number of pyridine rings is 1. The molecule has 5 rings (SSSR count). The Bertz CT molecular complexity index is 1430. The number of alkyl halides is 2. The summed E-state index contributed by atoms with van der Waals surface area (Å²) in [6.07, 6.45) is 3.78. The van der Waals surface area contributed by atoms with Crippen molar-refractivity contribution in [2.24, 2.45) is 5.92 Å². The quantitative estimate of drug-likeness (QED) is 0.260. The molecular weight excluding hydrogens is 673 g/mol. The van der Waals surface area contributed by atoms with Gasteiger partial charge in [0, 0.05) is 63.8 Å². The fourth-order valence-electron chi connectivity index (χ4n) is 5.13. The zero-order chi connectivity index (χ0) is 32.1. The van der Waals surface area contributed by atoms with Gasteiger partial charge in [-0.3, -0.25) is 9.88 Å². The van der Waals surface area contributed by atoms with Gasteiger partial charge in [-0.15, -0.1) is 11.8 Å². The molecule has 3 aliphatic rings. The molecule has 2 aromatic rings. The van der Waals surface area contributed by atoms with Crippen LogP contribution in [0.25, 0.3) is 0 Å². The summed E-state index contributed by atoms with van der Waals surface area (Å²) in [7, 11) is -1.74. The molecule has 248 valence electrons. The Balaban J connectivity index is 1.37. The lowest BCUT2D eigenvalue weighted by atomic mass is 10.0. The van der Waals surface area contributed by atoms with E-state index in [1.165, 1.54) is 46.7 Å². The van der Waals surface area contributed by atoms with Crippen molar-refractivity contribution >= 4 is 51.0 Å². The summed E-state index contributed by atoms with van der Waals surface area (Å²) in [6.45, 7) is 1.11. The lowest BCUT2D eigenvalue weighted by molar-refractivity contribution is -0.150. The van der Waals surface area contributed by atoms with Crippen LogP contribution in [0.1, 0.15) is 30.1 Å². The topological polar surface area (TPSA) is 102 Å². The van der Waals surface area contributed by atoms with E-state index in [0.717, 1.165) is 39.0 Å². The Morgan fingerprint density at radius 2 is 1.80 bits per heavy atom. The third kappa shape index (κ3) is 9.33. The van der Waals surface area contributed by atoms with Gasteiger partial charge in [-0.05, 0) is 49.1 Å². The molecule has 0 spiro atoms. The molecule has 2 atom stereocenters. The third-order valence-corrected chi connectivity index (χ3v) is 11.8. The minimum atomic E-state index is -3.78. The van der Waals surface area contributed by atoms with E-state index >= 15 is 0 Å². The minimum Gasteiger partial charge on any atom is -0.489 e. The lowest BCUT2D eigenvalue weighted by Crippen LogP contribution is -2.48. The number of sulfonamides is 1. The van der Waals surface area contributed by atoms with Gasteiger partial charge in [0.25, 0.3) is 0 Å². The maximum atomic E-state index is 13.7. The average molecular weight is 710 g/mol. The molecule has 2 unspecified atom stereocenters. The molecule has 0 amide bonds. The SMILES string of the molecule is CN1CCN(CCS(=O)(=O)N2CCSC2C(=O)OC(Cc2c(Cl)cncc2Cl)c2ccc(OC(F)F)c(OCC3CC3)c2)CC1. The highest BCUT2D eigenvalue weighted by atomic mass is 35.5. The van der Waals surface area contributed by atoms with Crippen LogP contribution in [0, 0.1) is 5.92 Å². The van der Waals surface area contributed by atoms with Crippen molar-refractivity contribution in [3.63, 3.8) is 0 Å². The first-order valence-corrected chi connectivity index (χ1v) is 18.1. The van der Waals surface area contributed by atoms with Gasteiger partial charge >= 0.3 is 12.6 Å². The molecule has 45 heavy (non-hydrogen) atoms. The predicted octanol–water partition coefficient (Wildman–Crippen LogP) is 4.56. The lowest BCUT2D eigenvalue weighted by Gasteiger charge is -2.32. The first-order chi connectivity index (χ1) is 21.5. The van der Waals surface area contributed by atoms with Gasteiger partial charge in [0.05, 0.1) is 22.4 Å². The molecule has 1 aromatic heterocycles. The molecule has 16 heteroatoms. The van der Waals surface area contributed by atoms with Gasteiger partial charge in [0.2, 0.25) is 10.0 Å². The zero-order valence-corrected chi connectivity index (χ0v) is 27.9. The highest BCUT2D eigenvalue weighted by Gasteiger charge is 2.41. The van der Waals surface area contributed by atoms with Crippen molar-refractivity contribution in [2.45, 2.75) is 37.4 Å². The molecular formula is C29H36Cl2F2N4O6S2. The highest BCUT2D eigenvalue weighted by molar-refractivity contribution is 8.02. The maximum absolute atomic E-state index is 13.7. The zero-order valence-electron chi connectivity index (χ0n) is 24.7. The summed E-state index contributed by atoms with van der Waals surface area (Å²) < 4.78 is 70.9. The molecule has 10 nitrogen and oxygen atoms in total. The van der Waals surface area contributed by atoms with E-state index in [9.17, 15) is 22.0 Å². The molecule has 2 aliphatic heterocycles. The number of benzene rings is 1. The number of hydrogen-bond donors (Lipinski definition) is 0. The van der Waals surface area contributed by atoms with E-state index in [1.54, 1.807) is 0 Å². The van der Waals surface area contributed by atoms with E-state index in [2.05, 4.69) is 19.5 Å². The van der Waals surface area contributed by atoms with E-state index < -0.39 is 34.1 Å². The van der Waals surface area contributed by atoms with Crippen LogP contribution < -0.4 is 9.47 Å². The van der Waals surface area contributed by atoms with Crippen molar-refractivity contribution in [3.8, 4) is 11.5 Å². The molecule has 1 aliphatic carbocycles. The number of halogens is 4. The fraction of sp³-hybridized carbons (Fsp3) is 0.586. The molecule has 1 saturated carbocycles. The summed E-state index contributed by atoms with van der Waals surface area (Å²) in [5.41, 5.74) is 0.863. The molecule has 3 fully saturated rings. The van der Waals surface area contributed by atoms with Crippen molar-refractivity contribution < 1.29 is 36.2 Å². The average Bonchev–Trinajstić information content (AvgIpc) is 3.69. The third-order valence-electron chi connectivity index (χ3n) is 8.00. The molecule has 0 N–H and O–H groups in total. The van der Waals surface area contributed by atoms with E-state index in [0.29, 0.717) is 35.9 Å². The van der Waals surface area contributed by atoms with Crippen molar-refractivity contribution in [1.29, 1.82) is 0 Å². The number of hydrogen-bond acceptors (Lipinski definition) is 10. The Hall–Kier alpha value is -1.94. The number of piperazine rings is 1. The van der Waals surface area contributed by atoms with E-state index in [1.807, 2.05) is 7.05 Å². The molecule has 1 aromatic carbocycles. The maximum Gasteiger partial charge on any atom is 0.387 e. The minimum absolute atomic E-state index is 0.0105. The van der Waals surface area contributed by atoms with Gasteiger partial charge in [-0.25, -0.2) is 13.2 Å². The molecule has 0 bridgehead atoms. The summed E-state index contributed by atoms with van der Waals surface area (Å²) in [5.74, 6) is -0.168. The van der Waals surface area contributed by atoms with Gasteiger partial charge in [-0.1, -0.05) is 29.3 Å². The van der Waals surface area contributed by atoms with Crippen LogP contribution in [0.3, 0.4) is 0 Å². The predicted molar refractivity (Wildman–Crippen MR) is 169 cm³/mol. The fourth-order valence-corrected chi connectivity index (χ4v) is 8.80. The number of aromatic nitrogens is 1. The van der Waals surface area contributed by atoms with Gasteiger partial charge in [-0.2, -0.15) is 13.1 Å². The van der Waals surface area contributed by atoms with Crippen LogP contribution in [-0.4, -0.2) is 110 Å². The Labute approximate surface area is 276 Å². The standard InChI is InChI=1S/C29H36Cl2F2N4O6S2/c1-35-6-8-36(9-7-35)11-13-45(39,40)37-10-12-44-27(37)28(38)42-25(15-21-22(30)16-34-17-23(21)31)20-4-5-24(43-29(32)33)26(14-20)41-18-19-2-3-19/h4-5,14,16-17,19,25,27,29H,2-3,6-13,15,18H2,1H3. The van der Waals surface area contributed by atoms with Crippen LogP contribution in [0.4, 0.5) is 8.78 Å². The number of esters is 1. The van der Waals surface area contributed by atoms with Gasteiger partial charge in [0.1, 0.15) is 6.10 Å². The highest BCUT2D eigenvalue weighted by Crippen LogP contribution is 2.39. The second-order valence-corrected chi connectivity index (χ2v) is 15.4. The number of carbonyl (C=O) groups excluding carboxylic acids is 1. The van der Waals surface area contributed by atoms with Crippen LogP contribution in [0.5, 0.6) is 11.5 Å². The van der Waals surface area contributed by atoms with Crippen LogP contribution >= 0.6 is 35.0 Å². The van der Waals surface area contributed by atoms with Crippen molar-refractivity contribution in [2.75, 3.05) is 64.4 Å². The van der Waals surface area contributed by atoms with Crippen molar-refractivity contribution in [3.05, 3.63) is 51.8 Å². The number of carbonyl (C=O) groups is 1. The van der Waals surface area contributed by atoms with Crippen LogP contribution in [0.15, 0.2) is 30.6 Å². The van der Waals surface area contributed by atoms with E-state index in [4.69, 9.17) is 32.7 Å². The summed E-state index contributed by atoms with van der Waals surface area (Å²) in [5, 5.41) is -0.593. The Kier molecular flexibility index (Phi) is 11.7. The van der Waals surface area contributed by atoms with Crippen LogP contribution in [-0.2, 0) is 26.0 Å². The van der Waals surface area contributed by atoms with Crippen LogP contribution in [0.2, 0.25) is 10.0 Å². The monoisotopic (exact) mass is 708 g/mol. The summed E-state index contributed by atoms with van der Waals surface area (Å²) in [6, 6.07) is 4.32. The second kappa shape index (κ2) is 15.3. The number of likely N-dealkylation sites (N-methyl/N-ethyl adjacent to an activating group) is 1. The normalized spacial score (nSPS) is 20.8. The number of ether oxygens (including phenoxy) is 3. The van der Waals surface area contributed by atoms with E-state index in [-0.39, 0.29) is 40.3 Å². The Morgan fingerprint density at radius 1 is 1.09 bits per heavy atom. The number of nitrogens with zero attached hydrogens (tertiary/aromatic N) is 4. The summed E-state index contributed by atoms with van der Waals surface area (Å²) in [4.78, 5) is 22.0.